The first-order chi connectivity index (χ1) is 19.0. The van der Waals surface area contributed by atoms with Crippen molar-refractivity contribution in [3.05, 3.63) is 64.6 Å². The summed E-state index contributed by atoms with van der Waals surface area (Å²) >= 11 is 11.9. The number of piperazine rings is 1. The highest BCUT2D eigenvalue weighted by Crippen LogP contribution is 2.31. The van der Waals surface area contributed by atoms with E-state index in [0.29, 0.717) is 26.2 Å². The maximum absolute atomic E-state index is 14.6. The van der Waals surface area contributed by atoms with Gasteiger partial charge in [0.2, 0.25) is 11.7 Å². The number of carbonyl (C=O) groups excluding carboxylic acids is 3. The number of ether oxygens (including phenoxy) is 1. The highest BCUT2D eigenvalue weighted by Gasteiger charge is 2.26. The zero-order valence-corrected chi connectivity index (χ0v) is 22.3. The van der Waals surface area contributed by atoms with Gasteiger partial charge in [-0.3, -0.25) is 14.4 Å². The van der Waals surface area contributed by atoms with Crippen LogP contribution >= 0.6 is 23.2 Å². The first kappa shape index (κ1) is 29.2. The van der Waals surface area contributed by atoms with Crippen molar-refractivity contribution in [1.82, 2.24) is 19.4 Å². The van der Waals surface area contributed by atoms with Gasteiger partial charge in [-0.25, -0.2) is 9.37 Å². The van der Waals surface area contributed by atoms with E-state index in [1.54, 1.807) is 9.80 Å². The van der Waals surface area contributed by atoms with E-state index in [2.05, 4.69) is 15.0 Å². The summed E-state index contributed by atoms with van der Waals surface area (Å²) in [6, 6.07) is 6.16. The third kappa shape index (κ3) is 5.99. The van der Waals surface area contributed by atoms with Crippen molar-refractivity contribution in [3.63, 3.8) is 0 Å². The summed E-state index contributed by atoms with van der Waals surface area (Å²) in [6.07, 6.45) is 1.12. The number of rotatable bonds is 7. The molecular formula is C25H21Cl2F4N5O4. The van der Waals surface area contributed by atoms with E-state index in [-0.39, 0.29) is 51.0 Å². The number of halogens is 6. The molecule has 2 aromatic carbocycles. The van der Waals surface area contributed by atoms with E-state index in [4.69, 9.17) is 23.2 Å². The lowest BCUT2D eigenvalue weighted by Crippen LogP contribution is -2.51. The lowest BCUT2D eigenvalue weighted by molar-refractivity contribution is -0.129. The van der Waals surface area contributed by atoms with Crippen LogP contribution in [0.3, 0.4) is 0 Å². The average Bonchev–Trinajstić information content (AvgIpc) is 3.31. The molecule has 212 valence electrons. The van der Waals surface area contributed by atoms with E-state index in [1.807, 2.05) is 0 Å². The lowest BCUT2D eigenvalue weighted by Gasteiger charge is -2.34. The standard InChI is InChI=1S/C25H21Cl2F4N5O4/c1-34-17(15-4-5-18(40-25(30)31)21(29)20(15)28)12-32-22(34)23(38)33-13-2-3-14(16(27)10-13)24(39)36-8-6-35(7-9-36)19(37)11-26/h2-5,10,12,25H,6-9,11H2,1H3,(H,33,38). The molecule has 0 spiro atoms. The number of hydrogen-bond donors (Lipinski definition) is 1. The maximum Gasteiger partial charge on any atom is 0.387 e. The highest BCUT2D eigenvalue weighted by atomic mass is 35.5. The number of anilines is 1. The molecule has 1 fully saturated rings. The molecular weight excluding hydrogens is 581 g/mol. The molecule has 0 unspecified atom stereocenters. The second kappa shape index (κ2) is 12.1. The normalized spacial score (nSPS) is 13.5. The monoisotopic (exact) mass is 601 g/mol. The van der Waals surface area contributed by atoms with E-state index >= 15 is 0 Å². The van der Waals surface area contributed by atoms with Crippen LogP contribution in [0.15, 0.2) is 36.5 Å². The van der Waals surface area contributed by atoms with Crippen molar-refractivity contribution in [2.75, 3.05) is 37.4 Å². The Labute approximate surface area is 235 Å². The molecule has 15 heteroatoms. The number of hydrogen-bond acceptors (Lipinski definition) is 5. The van der Waals surface area contributed by atoms with Gasteiger partial charge in [-0.15, -0.1) is 11.6 Å². The van der Waals surface area contributed by atoms with E-state index in [1.165, 1.54) is 29.8 Å². The average molecular weight is 602 g/mol. The quantitative estimate of drug-likeness (QED) is 0.320. The first-order valence-electron chi connectivity index (χ1n) is 11.7. The fraction of sp³-hybridized carbons (Fsp3) is 0.280. The van der Waals surface area contributed by atoms with Crippen molar-refractivity contribution in [2.45, 2.75) is 6.61 Å². The number of amides is 3. The third-order valence-electron chi connectivity index (χ3n) is 6.22. The van der Waals surface area contributed by atoms with Crippen molar-refractivity contribution < 1.29 is 36.7 Å². The summed E-state index contributed by atoms with van der Waals surface area (Å²) in [6.45, 7) is -2.02. The second-order valence-electron chi connectivity index (χ2n) is 8.60. The molecule has 0 saturated carbocycles. The number of carbonyl (C=O) groups is 3. The van der Waals surface area contributed by atoms with Gasteiger partial charge in [0.15, 0.2) is 17.4 Å². The fourth-order valence-electron chi connectivity index (χ4n) is 4.15. The number of benzene rings is 2. The van der Waals surface area contributed by atoms with Gasteiger partial charge in [0.05, 0.1) is 22.5 Å². The lowest BCUT2D eigenvalue weighted by atomic mass is 10.1. The molecule has 2 heterocycles. The minimum atomic E-state index is -3.34. The summed E-state index contributed by atoms with van der Waals surface area (Å²) < 4.78 is 58.7. The minimum Gasteiger partial charge on any atom is -0.432 e. The molecule has 0 radical (unpaired) electrons. The molecule has 40 heavy (non-hydrogen) atoms. The van der Waals surface area contributed by atoms with Crippen LogP contribution in [0.2, 0.25) is 5.02 Å². The predicted molar refractivity (Wildman–Crippen MR) is 138 cm³/mol. The number of nitrogens with one attached hydrogen (secondary N) is 1. The van der Waals surface area contributed by atoms with Crippen molar-refractivity contribution in [1.29, 1.82) is 0 Å². The van der Waals surface area contributed by atoms with Gasteiger partial charge in [0, 0.05) is 44.5 Å². The van der Waals surface area contributed by atoms with E-state index in [9.17, 15) is 31.9 Å². The largest absolute Gasteiger partial charge is 0.432 e. The molecule has 3 aromatic rings. The van der Waals surface area contributed by atoms with Gasteiger partial charge < -0.3 is 24.4 Å². The van der Waals surface area contributed by atoms with Crippen LogP contribution in [0, 0.1) is 11.6 Å². The van der Waals surface area contributed by atoms with Gasteiger partial charge in [0.1, 0.15) is 5.88 Å². The Morgan fingerprint density at radius 3 is 2.35 bits per heavy atom. The van der Waals surface area contributed by atoms with Crippen LogP contribution in [0.1, 0.15) is 21.0 Å². The Morgan fingerprint density at radius 1 is 1.05 bits per heavy atom. The molecule has 0 aliphatic carbocycles. The van der Waals surface area contributed by atoms with Gasteiger partial charge in [-0.2, -0.15) is 13.2 Å². The fourth-order valence-corrected chi connectivity index (χ4v) is 4.58. The summed E-state index contributed by atoms with van der Waals surface area (Å²) in [4.78, 5) is 44.6. The molecule has 0 atom stereocenters. The number of nitrogens with zero attached hydrogens (tertiary/aromatic N) is 4. The van der Waals surface area contributed by atoms with Gasteiger partial charge >= 0.3 is 6.61 Å². The summed E-state index contributed by atoms with van der Waals surface area (Å²) in [5, 5.41) is 2.65. The van der Waals surface area contributed by atoms with Crippen LogP contribution in [0.5, 0.6) is 5.75 Å². The Bertz CT molecular complexity index is 1460. The Balaban J connectivity index is 1.46. The van der Waals surface area contributed by atoms with Crippen molar-refractivity contribution in [3.8, 4) is 17.0 Å². The Kier molecular flexibility index (Phi) is 8.84. The zero-order valence-electron chi connectivity index (χ0n) is 20.8. The number of alkyl halides is 3. The molecule has 9 nitrogen and oxygen atoms in total. The summed E-state index contributed by atoms with van der Waals surface area (Å²) in [5.41, 5.74) is 0.107. The molecule has 4 rings (SSSR count). The SMILES string of the molecule is Cn1c(-c2ccc(OC(F)F)c(F)c2F)cnc1C(=O)Nc1ccc(C(=O)N2CCN(C(=O)CCl)CC2)c(Cl)c1. The highest BCUT2D eigenvalue weighted by molar-refractivity contribution is 6.34. The van der Waals surface area contributed by atoms with Crippen molar-refractivity contribution in [2.24, 2.45) is 7.05 Å². The number of aromatic nitrogens is 2. The molecule has 1 aliphatic rings. The Morgan fingerprint density at radius 2 is 1.73 bits per heavy atom. The molecule has 3 amide bonds. The van der Waals surface area contributed by atoms with Gasteiger partial charge in [-0.1, -0.05) is 11.6 Å². The van der Waals surface area contributed by atoms with Crippen LogP contribution in [-0.2, 0) is 11.8 Å². The molecule has 1 N–H and O–H groups in total. The zero-order chi connectivity index (χ0) is 29.1. The van der Waals surface area contributed by atoms with Crippen LogP contribution in [-0.4, -0.2) is 75.7 Å². The third-order valence-corrected chi connectivity index (χ3v) is 6.76. The van der Waals surface area contributed by atoms with Crippen LogP contribution < -0.4 is 10.1 Å². The Hall–Kier alpha value is -3.84. The van der Waals surface area contributed by atoms with Gasteiger partial charge in [-0.05, 0) is 30.3 Å². The summed E-state index contributed by atoms with van der Waals surface area (Å²) in [7, 11) is 1.38. The molecule has 1 saturated heterocycles. The molecule has 0 bridgehead atoms. The number of imidazole rings is 1. The topological polar surface area (TPSA) is 96.8 Å². The van der Waals surface area contributed by atoms with Crippen molar-refractivity contribution >= 4 is 46.6 Å². The summed E-state index contributed by atoms with van der Waals surface area (Å²) in [5.74, 6) is -5.60. The van der Waals surface area contributed by atoms with Crippen LogP contribution in [0.4, 0.5) is 23.2 Å². The van der Waals surface area contributed by atoms with E-state index in [0.717, 1.165) is 18.3 Å². The second-order valence-corrected chi connectivity index (χ2v) is 9.27. The van der Waals surface area contributed by atoms with Gasteiger partial charge in [0.25, 0.3) is 11.8 Å². The van der Waals surface area contributed by atoms with E-state index < -0.39 is 29.9 Å². The maximum atomic E-state index is 14.6. The first-order valence-corrected chi connectivity index (χ1v) is 12.6. The molecule has 1 aromatic heterocycles. The smallest absolute Gasteiger partial charge is 0.387 e. The van der Waals surface area contributed by atoms with Crippen LogP contribution in [0.25, 0.3) is 11.3 Å². The molecule has 1 aliphatic heterocycles. The predicted octanol–water partition coefficient (Wildman–Crippen LogP) is 4.40. The minimum absolute atomic E-state index is 0.00281.